The third-order valence-electron chi connectivity index (χ3n) is 5.73. The average Bonchev–Trinajstić information content (AvgIpc) is 3.07. The third-order valence-corrected chi connectivity index (χ3v) is 7.64. The molecule has 0 radical (unpaired) electrons. The summed E-state index contributed by atoms with van der Waals surface area (Å²) in [7, 11) is -3.53. The molecule has 3 rings (SSSR count). The first kappa shape index (κ1) is 20.3. The van der Waals surface area contributed by atoms with Gasteiger partial charge in [0.2, 0.25) is 15.9 Å². The zero-order valence-electron chi connectivity index (χ0n) is 16.5. The second-order valence-corrected chi connectivity index (χ2v) is 10.7. The SMILES string of the molecule is CC(C)(C)c1ccc(S(=O)(=O)N2CCN(C(=O)C3CCC(N)C3)CC2)cc1. The van der Waals surface area contributed by atoms with Crippen LogP contribution in [0.2, 0.25) is 0 Å². The number of nitrogens with two attached hydrogens (primary N) is 1. The van der Waals surface area contributed by atoms with E-state index in [1.807, 2.05) is 12.1 Å². The second kappa shape index (κ2) is 7.53. The van der Waals surface area contributed by atoms with Crippen molar-refractivity contribution in [2.45, 2.75) is 56.4 Å². The van der Waals surface area contributed by atoms with E-state index in [4.69, 9.17) is 5.73 Å². The van der Waals surface area contributed by atoms with E-state index in [2.05, 4.69) is 20.8 Å². The first-order valence-electron chi connectivity index (χ1n) is 9.74. The molecule has 1 aromatic carbocycles. The van der Waals surface area contributed by atoms with Gasteiger partial charge in [-0.05, 0) is 42.4 Å². The van der Waals surface area contributed by atoms with Crippen molar-refractivity contribution in [1.82, 2.24) is 9.21 Å². The zero-order valence-corrected chi connectivity index (χ0v) is 17.3. The van der Waals surface area contributed by atoms with Gasteiger partial charge in [0.05, 0.1) is 4.90 Å². The quantitative estimate of drug-likeness (QED) is 0.851. The Morgan fingerprint density at radius 1 is 1.04 bits per heavy atom. The molecule has 7 heteroatoms. The molecule has 150 valence electrons. The number of nitrogens with zero attached hydrogens (tertiary/aromatic N) is 2. The summed E-state index contributed by atoms with van der Waals surface area (Å²) in [5.74, 6) is 0.141. The Morgan fingerprint density at radius 2 is 1.63 bits per heavy atom. The fourth-order valence-electron chi connectivity index (χ4n) is 3.92. The minimum atomic E-state index is -3.53. The third kappa shape index (κ3) is 4.36. The van der Waals surface area contributed by atoms with Crippen molar-refractivity contribution < 1.29 is 13.2 Å². The molecule has 2 atom stereocenters. The van der Waals surface area contributed by atoms with E-state index < -0.39 is 10.0 Å². The molecule has 0 spiro atoms. The molecule has 2 N–H and O–H groups in total. The number of hydrogen-bond donors (Lipinski definition) is 1. The Balaban J connectivity index is 1.63. The van der Waals surface area contributed by atoms with Crippen molar-refractivity contribution in [3.63, 3.8) is 0 Å². The lowest BCUT2D eigenvalue weighted by Gasteiger charge is -2.35. The van der Waals surface area contributed by atoms with Crippen LogP contribution in [0.1, 0.15) is 45.6 Å². The lowest BCUT2D eigenvalue weighted by atomic mass is 9.87. The number of rotatable bonds is 3. The van der Waals surface area contributed by atoms with Gasteiger partial charge in [-0.25, -0.2) is 8.42 Å². The molecular formula is C20H31N3O3S. The van der Waals surface area contributed by atoms with Crippen molar-refractivity contribution in [1.29, 1.82) is 0 Å². The summed E-state index contributed by atoms with van der Waals surface area (Å²) in [6, 6.07) is 7.27. The fraction of sp³-hybridized carbons (Fsp3) is 0.650. The van der Waals surface area contributed by atoms with Gasteiger partial charge in [0, 0.05) is 38.1 Å². The molecule has 1 aromatic rings. The summed E-state index contributed by atoms with van der Waals surface area (Å²) >= 11 is 0. The van der Waals surface area contributed by atoms with Gasteiger partial charge in [0.1, 0.15) is 0 Å². The maximum Gasteiger partial charge on any atom is 0.243 e. The summed E-state index contributed by atoms with van der Waals surface area (Å²) in [4.78, 5) is 14.7. The average molecular weight is 394 g/mol. The van der Waals surface area contributed by atoms with E-state index >= 15 is 0 Å². The van der Waals surface area contributed by atoms with E-state index in [1.165, 1.54) is 4.31 Å². The van der Waals surface area contributed by atoms with Crippen LogP contribution in [0.4, 0.5) is 0 Å². The number of carbonyl (C=O) groups is 1. The smallest absolute Gasteiger partial charge is 0.243 e. The Hall–Kier alpha value is -1.44. The Labute approximate surface area is 162 Å². The lowest BCUT2D eigenvalue weighted by Crippen LogP contribution is -2.51. The van der Waals surface area contributed by atoms with Gasteiger partial charge in [0.15, 0.2) is 0 Å². The molecule has 0 aromatic heterocycles. The van der Waals surface area contributed by atoms with Crippen LogP contribution < -0.4 is 5.73 Å². The monoisotopic (exact) mass is 393 g/mol. The molecule has 1 heterocycles. The molecule has 6 nitrogen and oxygen atoms in total. The summed E-state index contributed by atoms with van der Waals surface area (Å²) in [5, 5.41) is 0. The normalized spacial score (nSPS) is 25.0. The highest BCUT2D eigenvalue weighted by Gasteiger charge is 2.35. The van der Waals surface area contributed by atoms with Crippen molar-refractivity contribution in [2.75, 3.05) is 26.2 Å². The lowest BCUT2D eigenvalue weighted by molar-refractivity contribution is -0.136. The largest absolute Gasteiger partial charge is 0.340 e. The Bertz CT molecular complexity index is 776. The molecule has 1 saturated carbocycles. The number of amides is 1. The van der Waals surface area contributed by atoms with Gasteiger partial charge in [-0.15, -0.1) is 0 Å². The standard InChI is InChI=1S/C20H31N3O3S/c1-20(2,3)16-5-8-18(9-6-16)27(25,26)23-12-10-22(11-13-23)19(24)15-4-7-17(21)14-15/h5-6,8-9,15,17H,4,7,10-14,21H2,1-3H3. The van der Waals surface area contributed by atoms with Crippen LogP contribution in [-0.2, 0) is 20.2 Å². The minimum Gasteiger partial charge on any atom is -0.340 e. The summed E-state index contributed by atoms with van der Waals surface area (Å²) in [6.45, 7) is 7.88. The van der Waals surface area contributed by atoms with Crippen molar-refractivity contribution >= 4 is 15.9 Å². The molecule has 1 aliphatic carbocycles. The second-order valence-electron chi connectivity index (χ2n) is 8.77. The molecule has 0 bridgehead atoms. The van der Waals surface area contributed by atoms with Crippen LogP contribution in [0.5, 0.6) is 0 Å². The van der Waals surface area contributed by atoms with E-state index in [-0.39, 0.29) is 23.3 Å². The summed E-state index contributed by atoms with van der Waals surface area (Å²) in [5.41, 5.74) is 7.00. The number of benzene rings is 1. The highest BCUT2D eigenvalue weighted by atomic mass is 32.2. The number of sulfonamides is 1. The zero-order chi connectivity index (χ0) is 19.8. The molecule has 1 saturated heterocycles. The summed E-state index contributed by atoms with van der Waals surface area (Å²) in [6.07, 6.45) is 2.49. The van der Waals surface area contributed by atoms with Gasteiger partial charge in [-0.1, -0.05) is 32.9 Å². The molecule has 2 fully saturated rings. The van der Waals surface area contributed by atoms with Crippen LogP contribution in [0, 0.1) is 5.92 Å². The van der Waals surface area contributed by atoms with E-state index in [9.17, 15) is 13.2 Å². The maximum atomic E-state index is 12.9. The van der Waals surface area contributed by atoms with Crippen LogP contribution in [-0.4, -0.2) is 55.8 Å². The predicted octanol–water partition coefficient (Wildman–Crippen LogP) is 1.94. The highest BCUT2D eigenvalue weighted by Crippen LogP contribution is 2.28. The van der Waals surface area contributed by atoms with E-state index in [1.54, 1.807) is 17.0 Å². The molecule has 2 aliphatic rings. The molecule has 27 heavy (non-hydrogen) atoms. The van der Waals surface area contributed by atoms with Gasteiger partial charge >= 0.3 is 0 Å². The molecule has 1 amide bonds. The Morgan fingerprint density at radius 3 is 2.11 bits per heavy atom. The van der Waals surface area contributed by atoms with Gasteiger partial charge in [-0.3, -0.25) is 4.79 Å². The van der Waals surface area contributed by atoms with Crippen LogP contribution in [0.25, 0.3) is 0 Å². The Kier molecular flexibility index (Phi) is 5.66. The van der Waals surface area contributed by atoms with Crippen molar-refractivity contribution in [3.05, 3.63) is 29.8 Å². The molecular weight excluding hydrogens is 362 g/mol. The van der Waals surface area contributed by atoms with Crippen molar-refractivity contribution in [2.24, 2.45) is 11.7 Å². The topological polar surface area (TPSA) is 83.7 Å². The molecule has 2 unspecified atom stereocenters. The maximum absolute atomic E-state index is 12.9. The van der Waals surface area contributed by atoms with Crippen LogP contribution >= 0.6 is 0 Å². The number of piperazine rings is 1. The van der Waals surface area contributed by atoms with Crippen LogP contribution in [0.15, 0.2) is 29.2 Å². The number of hydrogen-bond acceptors (Lipinski definition) is 4. The van der Waals surface area contributed by atoms with Gasteiger partial charge < -0.3 is 10.6 Å². The van der Waals surface area contributed by atoms with E-state index in [0.717, 1.165) is 24.8 Å². The highest BCUT2D eigenvalue weighted by molar-refractivity contribution is 7.89. The van der Waals surface area contributed by atoms with Gasteiger partial charge in [-0.2, -0.15) is 4.31 Å². The number of carbonyl (C=O) groups excluding carboxylic acids is 1. The fourth-order valence-corrected chi connectivity index (χ4v) is 5.35. The summed E-state index contributed by atoms with van der Waals surface area (Å²) < 4.78 is 27.3. The van der Waals surface area contributed by atoms with Gasteiger partial charge in [0.25, 0.3) is 0 Å². The molecule has 1 aliphatic heterocycles. The first-order valence-corrected chi connectivity index (χ1v) is 11.2. The first-order chi connectivity index (χ1) is 12.6. The predicted molar refractivity (Wildman–Crippen MR) is 106 cm³/mol. The van der Waals surface area contributed by atoms with Crippen LogP contribution in [0.3, 0.4) is 0 Å². The van der Waals surface area contributed by atoms with E-state index in [0.29, 0.717) is 31.1 Å². The minimum absolute atomic E-state index is 0.00750. The van der Waals surface area contributed by atoms with Crippen molar-refractivity contribution in [3.8, 4) is 0 Å².